The molecule has 126 valence electrons. The summed E-state index contributed by atoms with van der Waals surface area (Å²) in [6.45, 7) is 5.71. The quantitative estimate of drug-likeness (QED) is 0.902. The Morgan fingerprint density at radius 2 is 1.91 bits per heavy atom. The highest BCUT2D eigenvalue weighted by atomic mass is 35.5. The Morgan fingerprint density at radius 1 is 1.17 bits per heavy atom. The summed E-state index contributed by atoms with van der Waals surface area (Å²) in [7, 11) is 0. The van der Waals surface area contributed by atoms with Gasteiger partial charge in [0.2, 0.25) is 0 Å². The van der Waals surface area contributed by atoms with E-state index in [0.717, 1.165) is 48.3 Å². The van der Waals surface area contributed by atoms with E-state index in [1.165, 1.54) is 0 Å². The maximum atomic E-state index is 14.0. The number of fused-ring (bicyclic) bond motifs is 1. The van der Waals surface area contributed by atoms with Crippen molar-refractivity contribution < 1.29 is 9.13 Å². The van der Waals surface area contributed by atoms with Gasteiger partial charge in [-0.2, -0.15) is 0 Å². The number of nitrogens with one attached hydrogen (secondary N) is 1. The molecule has 3 rings (SSSR count). The van der Waals surface area contributed by atoms with Gasteiger partial charge in [-0.3, -0.25) is 4.90 Å². The molecular formula is C18H24ClFN2O. The Kier molecular flexibility index (Phi) is 6.63. The first-order valence-corrected chi connectivity index (χ1v) is 8.00. The van der Waals surface area contributed by atoms with Gasteiger partial charge in [-0.05, 0) is 23.8 Å². The minimum atomic E-state index is -0.395. The highest BCUT2D eigenvalue weighted by Gasteiger charge is 2.26. The first kappa shape index (κ1) is 18.0. The summed E-state index contributed by atoms with van der Waals surface area (Å²) in [4.78, 5) is 2.22. The molecule has 2 aromatic rings. The maximum Gasteiger partial charge on any atom is 0.124 e. The van der Waals surface area contributed by atoms with E-state index in [2.05, 4.69) is 28.4 Å². The van der Waals surface area contributed by atoms with E-state index < -0.39 is 6.67 Å². The smallest absolute Gasteiger partial charge is 0.124 e. The normalized spacial score (nSPS) is 16.8. The van der Waals surface area contributed by atoms with Crippen LogP contribution in [-0.2, 0) is 0 Å². The lowest BCUT2D eigenvalue weighted by atomic mass is 9.96. The number of alkyl halides is 1. The van der Waals surface area contributed by atoms with Crippen molar-refractivity contribution in [2.45, 2.75) is 13.0 Å². The van der Waals surface area contributed by atoms with Crippen molar-refractivity contribution in [2.24, 2.45) is 0 Å². The fourth-order valence-corrected chi connectivity index (χ4v) is 3.25. The van der Waals surface area contributed by atoms with Gasteiger partial charge in [-0.1, -0.05) is 30.3 Å². The van der Waals surface area contributed by atoms with E-state index in [4.69, 9.17) is 4.74 Å². The Bertz CT molecular complexity index is 631. The molecule has 0 unspecified atom stereocenters. The van der Waals surface area contributed by atoms with Gasteiger partial charge in [-0.15, -0.1) is 12.4 Å². The van der Waals surface area contributed by atoms with E-state index in [1.54, 1.807) is 0 Å². The number of hydrogen-bond acceptors (Lipinski definition) is 3. The summed E-state index contributed by atoms with van der Waals surface area (Å²) >= 11 is 0. The minimum absolute atomic E-state index is 0. The number of rotatable bonds is 5. The van der Waals surface area contributed by atoms with Crippen LogP contribution in [-0.4, -0.2) is 44.4 Å². The predicted molar refractivity (Wildman–Crippen MR) is 95.5 cm³/mol. The summed E-state index contributed by atoms with van der Waals surface area (Å²) in [5.74, 6) is 0.808. The van der Waals surface area contributed by atoms with Gasteiger partial charge >= 0.3 is 0 Å². The molecular weight excluding hydrogens is 315 g/mol. The molecule has 5 heteroatoms. The molecule has 0 radical (unpaired) electrons. The fourth-order valence-electron chi connectivity index (χ4n) is 3.25. The molecule has 3 nitrogen and oxygen atoms in total. The zero-order valence-corrected chi connectivity index (χ0v) is 14.2. The first-order valence-electron chi connectivity index (χ1n) is 8.00. The molecule has 1 atom stereocenters. The van der Waals surface area contributed by atoms with Crippen molar-refractivity contribution in [3.63, 3.8) is 0 Å². The number of hydrogen-bond donors (Lipinski definition) is 1. The SMILES string of the molecule is CCOc1ccc2ccccc2c1[C@H](CF)N1CCNCC1.Cl. The van der Waals surface area contributed by atoms with Crippen LogP contribution in [0.15, 0.2) is 36.4 Å². The molecule has 1 saturated heterocycles. The third-order valence-electron chi connectivity index (χ3n) is 4.30. The topological polar surface area (TPSA) is 24.5 Å². The Hall–Kier alpha value is -1.36. The molecule has 1 heterocycles. The molecule has 0 aliphatic carbocycles. The van der Waals surface area contributed by atoms with Crippen LogP contribution in [0.5, 0.6) is 5.75 Å². The van der Waals surface area contributed by atoms with Gasteiger partial charge in [0.1, 0.15) is 12.4 Å². The second-order valence-corrected chi connectivity index (χ2v) is 5.59. The van der Waals surface area contributed by atoms with Crippen LogP contribution >= 0.6 is 12.4 Å². The van der Waals surface area contributed by atoms with Crippen LogP contribution in [0.1, 0.15) is 18.5 Å². The summed E-state index contributed by atoms with van der Waals surface area (Å²) in [6.07, 6.45) is 0. The zero-order chi connectivity index (χ0) is 15.4. The lowest BCUT2D eigenvalue weighted by Gasteiger charge is -2.35. The molecule has 2 aromatic carbocycles. The molecule has 0 aromatic heterocycles. The average Bonchev–Trinajstić information content (AvgIpc) is 2.58. The lowest BCUT2D eigenvalue weighted by molar-refractivity contribution is 0.145. The molecule has 1 fully saturated rings. The van der Waals surface area contributed by atoms with Crippen molar-refractivity contribution >= 4 is 23.2 Å². The second kappa shape index (κ2) is 8.48. The van der Waals surface area contributed by atoms with Crippen LogP contribution in [0.25, 0.3) is 10.8 Å². The monoisotopic (exact) mass is 338 g/mol. The van der Waals surface area contributed by atoms with Crippen molar-refractivity contribution in [1.82, 2.24) is 10.2 Å². The van der Waals surface area contributed by atoms with Crippen LogP contribution in [0, 0.1) is 0 Å². The Labute approximate surface area is 143 Å². The van der Waals surface area contributed by atoms with Crippen LogP contribution in [0.4, 0.5) is 4.39 Å². The lowest BCUT2D eigenvalue weighted by Crippen LogP contribution is -2.45. The third kappa shape index (κ3) is 3.77. The van der Waals surface area contributed by atoms with E-state index >= 15 is 0 Å². The third-order valence-corrected chi connectivity index (χ3v) is 4.30. The Balaban J connectivity index is 0.00000192. The second-order valence-electron chi connectivity index (χ2n) is 5.59. The number of ether oxygens (including phenoxy) is 1. The van der Waals surface area contributed by atoms with Gasteiger partial charge in [0.25, 0.3) is 0 Å². The predicted octanol–water partition coefficient (Wildman–Crippen LogP) is 3.58. The molecule has 0 amide bonds. The average molecular weight is 339 g/mol. The summed E-state index contributed by atoms with van der Waals surface area (Å²) < 4.78 is 19.8. The Morgan fingerprint density at radius 3 is 2.61 bits per heavy atom. The van der Waals surface area contributed by atoms with E-state index in [1.807, 2.05) is 25.1 Å². The molecule has 23 heavy (non-hydrogen) atoms. The number of benzene rings is 2. The molecule has 0 saturated carbocycles. The number of nitrogens with zero attached hydrogens (tertiary/aromatic N) is 1. The fraction of sp³-hybridized carbons (Fsp3) is 0.444. The highest BCUT2D eigenvalue weighted by Crippen LogP contribution is 2.36. The van der Waals surface area contributed by atoms with E-state index in [9.17, 15) is 4.39 Å². The van der Waals surface area contributed by atoms with Crippen molar-refractivity contribution in [2.75, 3.05) is 39.5 Å². The molecule has 0 spiro atoms. The van der Waals surface area contributed by atoms with Gasteiger partial charge in [0, 0.05) is 31.7 Å². The van der Waals surface area contributed by atoms with E-state index in [0.29, 0.717) is 6.61 Å². The van der Waals surface area contributed by atoms with Crippen LogP contribution < -0.4 is 10.1 Å². The highest BCUT2D eigenvalue weighted by molar-refractivity contribution is 5.88. The van der Waals surface area contributed by atoms with Gasteiger partial charge < -0.3 is 10.1 Å². The van der Waals surface area contributed by atoms with Gasteiger partial charge in [-0.25, -0.2) is 4.39 Å². The summed E-state index contributed by atoms with van der Waals surface area (Å²) in [6, 6.07) is 12.0. The molecule has 1 aliphatic heterocycles. The zero-order valence-electron chi connectivity index (χ0n) is 13.4. The van der Waals surface area contributed by atoms with Crippen molar-refractivity contribution in [1.29, 1.82) is 0 Å². The van der Waals surface area contributed by atoms with Crippen molar-refractivity contribution in [3.05, 3.63) is 42.0 Å². The molecule has 0 bridgehead atoms. The van der Waals surface area contributed by atoms with E-state index in [-0.39, 0.29) is 18.4 Å². The number of halogens is 2. The minimum Gasteiger partial charge on any atom is -0.494 e. The summed E-state index contributed by atoms with van der Waals surface area (Å²) in [5, 5.41) is 5.55. The molecule has 1 N–H and O–H groups in total. The number of piperazine rings is 1. The van der Waals surface area contributed by atoms with Crippen molar-refractivity contribution in [3.8, 4) is 5.75 Å². The van der Waals surface area contributed by atoms with Gasteiger partial charge in [0.15, 0.2) is 0 Å². The largest absolute Gasteiger partial charge is 0.494 e. The van der Waals surface area contributed by atoms with Gasteiger partial charge in [0.05, 0.1) is 12.6 Å². The first-order chi connectivity index (χ1) is 10.8. The summed E-state index contributed by atoms with van der Waals surface area (Å²) in [5.41, 5.74) is 0.990. The van der Waals surface area contributed by atoms with Crippen LogP contribution in [0.3, 0.4) is 0 Å². The van der Waals surface area contributed by atoms with Crippen LogP contribution in [0.2, 0.25) is 0 Å². The molecule has 1 aliphatic rings. The standard InChI is InChI=1S/C18H23FN2O.ClH/c1-2-22-17-8-7-14-5-3-4-6-15(14)18(17)16(13-19)21-11-9-20-10-12-21;/h3-8,16,20H,2,9-13H2,1H3;1H/t16-;/m0./s1. The maximum absolute atomic E-state index is 14.0.